The van der Waals surface area contributed by atoms with Crippen molar-refractivity contribution in [1.29, 1.82) is 0 Å². The number of hydrogen-bond donors (Lipinski definition) is 1. The fraction of sp³-hybridized carbons (Fsp3) is 0.250. The van der Waals surface area contributed by atoms with Crippen LogP contribution >= 0.6 is 22.9 Å². The maximum Gasteiger partial charge on any atom is 0.304 e. The molecule has 0 amide bonds. The number of aliphatic carboxylic acids is 1. The van der Waals surface area contributed by atoms with Gasteiger partial charge in [0.1, 0.15) is 0 Å². The van der Waals surface area contributed by atoms with Crippen LogP contribution in [0, 0.1) is 0 Å². The van der Waals surface area contributed by atoms with E-state index in [1.807, 2.05) is 47.8 Å². The molecule has 0 radical (unpaired) electrons. The van der Waals surface area contributed by atoms with E-state index in [1.54, 1.807) is 11.3 Å². The largest absolute Gasteiger partial charge is 0.481 e. The van der Waals surface area contributed by atoms with Gasteiger partial charge in [0.25, 0.3) is 0 Å². The summed E-state index contributed by atoms with van der Waals surface area (Å²) < 4.78 is 2.06. The fourth-order valence-electron chi connectivity index (χ4n) is 2.44. The number of thiazole rings is 1. The molecule has 3 rings (SSSR count). The number of halogens is 1. The summed E-state index contributed by atoms with van der Waals surface area (Å²) in [6, 6.07) is 7.61. The predicted octanol–water partition coefficient (Wildman–Crippen LogP) is 3.62. The van der Waals surface area contributed by atoms with Gasteiger partial charge in [0, 0.05) is 35.3 Å². The van der Waals surface area contributed by atoms with Crippen LogP contribution in [0.15, 0.2) is 35.8 Å². The second-order valence-electron chi connectivity index (χ2n) is 5.35. The Morgan fingerprint density at radius 2 is 2.13 bits per heavy atom. The van der Waals surface area contributed by atoms with Gasteiger partial charge in [-0.3, -0.25) is 14.1 Å². The zero-order valence-corrected chi connectivity index (χ0v) is 14.1. The first kappa shape index (κ1) is 16.0. The first-order valence-electron chi connectivity index (χ1n) is 7.15. The maximum absolute atomic E-state index is 10.7. The monoisotopic (exact) mass is 349 g/mol. The first-order chi connectivity index (χ1) is 11.0. The molecule has 3 aromatic rings. The minimum absolute atomic E-state index is 0.123. The molecule has 1 N–H and O–H groups in total. The summed E-state index contributed by atoms with van der Waals surface area (Å²) in [5, 5.41) is 11.5. The zero-order valence-electron chi connectivity index (χ0n) is 12.6. The molecule has 120 valence electrons. The Labute approximate surface area is 142 Å². The number of hydrogen-bond acceptors (Lipinski definition) is 4. The summed E-state index contributed by atoms with van der Waals surface area (Å²) in [6.45, 7) is 1.12. The predicted molar refractivity (Wildman–Crippen MR) is 92.1 cm³/mol. The third kappa shape index (κ3) is 3.55. The molecule has 0 saturated carbocycles. The highest BCUT2D eigenvalue weighted by Crippen LogP contribution is 2.28. The Kier molecular flexibility index (Phi) is 4.66. The number of carbonyl (C=O) groups is 1. The van der Waals surface area contributed by atoms with Gasteiger partial charge in [0.05, 0.1) is 17.8 Å². The second kappa shape index (κ2) is 6.70. The molecule has 0 saturated heterocycles. The Morgan fingerprint density at radius 1 is 1.39 bits per heavy atom. The molecule has 23 heavy (non-hydrogen) atoms. The van der Waals surface area contributed by atoms with Crippen LogP contribution in [-0.2, 0) is 11.3 Å². The van der Waals surface area contributed by atoms with Crippen LogP contribution in [0.25, 0.3) is 16.2 Å². The third-order valence-corrected chi connectivity index (χ3v) is 4.61. The molecule has 0 bridgehead atoms. The van der Waals surface area contributed by atoms with Crippen LogP contribution in [0.4, 0.5) is 0 Å². The van der Waals surface area contributed by atoms with Crippen molar-refractivity contribution >= 4 is 33.9 Å². The Hall–Kier alpha value is -1.89. The van der Waals surface area contributed by atoms with Crippen LogP contribution in [0.3, 0.4) is 0 Å². The van der Waals surface area contributed by atoms with Gasteiger partial charge in [-0.05, 0) is 19.2 Å². The average Bonchev–Trinajstić information content (AvgIpc) is 3.09. The number of rotatable bonds is 6. The van der Waals surface area contributed by atoms with E-state index in [0.717, 1.165) is 21.9 Å². The lowest BCUT2D eigenvalue weighted by molar-refractivity contribution is -0.137. The molecule has 5 nitrogen and oxygen atoms in total. The SMILES string of the molecule is CN(CCC(=O)O)Cc1c(-c2ccc(Cl)cc2)nc2sccn12. The molecule has 0 aliphatic rings. The van der Waals surface area contributed by atoms with Crippen molar-refractivity contribution in [2.75, 3.05) is 13.6 Å². The summed E-state index contributed by atoms with van der Waals surface area (Å²) >= 11 is 7.54. The smallest absolute Gasteiger partial charge is 0.304 e. The summed E-state index contributed by atoms with van der Waals surface area (Å²) in [4.78, 5) is 18.4. The highest BCUT2D eigenvalue weighted by atomic mass is 35.5. The second-order valence-corrected chi connectivity index (χ2v) is 6.66. The van der Waals surface area contributed by atoms with Gasteiger partial charge >= 0.3 is 5.97 Å². The molecule has 0 aliphatic heterocycles. The molecule has 0 spiro atoms. The van der Waals surface area contributed by atoms with Crippen molar-refractivity contribution < 1.29 is 9.90 Å². The van der Waals surface area contributed by atoms with Crippen molar-refractivity contribution in [1.82, 2.24) is 14.3 Å². The maximum atomic E-state index is 10.7. The van der Waals surface area contributed by atoms with Gasteiger partial charge in [-0.25, -0.2) is 4.98 Å². The normalized spacial score (nSPS) is 11.4. The fourth-order valence-corrected chi connectivity index (χ4v) is 3.30. The van der Waals surface area contributed by atoms with E-state index in [-0.39, 0.29) is 6.42 Å². The quantitative estimate of drug-likeness (QED) is 0.738. The van der Waals surface area contributed by atoms with E-state index in [9.17, 15) is 4.79 Å². The van der Waals surface area contributed by atoms with E-state index < -0.39 is 5.97 Å². The molecular weight excluding hydrogens is 334 g/mol. The molecular formula is C16H16ClN3O2S. The minimum atomic E-state index is -0.788. The van der Waals surface area contributed by atoms with Crippen LogP contribution in [0.2, 0.25) is 5.02 Å². The van der Waals surface area contributed by atoms with E-state index >= 15 is 0 Å². The first-order valence-corrected chi connectivity index (χ1v) is 8.41. The Morgan fingerprint density at radius 3 is 2.83 bits per heavy atom. The lowest BCUT2D eigenvalue weighted by Gasteiger charge is -2.16. The topological polar surface area (TPSA) is 57.8 Å². The van der Waals surface area contributed by atoms with Gasteiger partial charge in [-0.15, -0.1) is 11.3 Å². The van der Waals surface area contributed by atoms with Crippen LogP contribution in [0.1, 0.15) is 12.1 Å². The molecule has 1 aromatic carbocycles. The van der Waals surface area contributed by atoms with Crippen molar-refractivity contribution in [3.05, 3.63) is 46.6 Å². The molecule has 0 unspecified atom stereocenters. The van der Waals surface area contributed by atoms with Crippen LogP contribution < -0.4 is 0 Å². The number of carboxylic acids is 1. The van der Waals surface area contributed by atoms with E-state index in [2.05, 4.69) is 4.40 Å². The van der Waals surface area contributed by atoms with Crippen molar-refractivity contribution in [3.63, 3.8) is 0 Å². The Bertz CT molecular complexity index is 826. The lowest BCUT2D eigenvalue weighted by Crippen LogP contribution is -2.22. The number of carboxylic acid groups (broad SMARTS) is 1. The highest BCUT2D eigenvalue weighted by Gasteiger charge is 2.16. The Balaban J connectivity index is 1.93. The van der Waals surface area contributed by atoms with Crippen LogP contribution in [-0.4, -0.2) is 39.0 Å². The van der Waals surface area contributed by atoms with Crippen molar-refractivity contribution in [3.8, 4) is 11.3 Å². The molecule has 2 heterocycles. The number of imidazole rings is 1. The van der Waals surface area contributed by atoms with Crippen molar-refractivity contribution in [2.24, 2.45) is 0 Å². The third-order valence-electron chi connectivity index (χ3n) is 3.61. The molecule has 0 atom stereocenters. The molecule has 0 fully saturated rings. The number of nitrogens with zero attached hydrogens (tertiary/aromatic N) is 3. The van der Waals surface area contributed by atoms with Gasteiger partial charge in [-0.1, -0.05) is 23.7 Å². The van der Waals surface area contributed by atoms with Crippen LogP contribution in [0.5, 0.6) is 0 Å². The highest BCUT2D eigenvalue weighted by molar-refractivity contribution is 7.15. The number of benzene rings is 1. The van der Waals surface area contributed by atoms with Crippen molar-refractivity contribution in [2.45, 2.75) is 13.0 Å². The van der Waals surface area contributed by atoms with E-state index in [0.29, 0.717) is 18.1 Å². The van der Waals surface area contributed by atoms with Gasteiger partial charge in [0.2, 0.25) is 0 Å². The zero-order chi connectivity index (χ0) is 16.4. The van der Waals surface area contributed by atoms with Gasteiger partial charge in [-0.2, -0.15) is 0 Å². The number of fused-ring (bicyclic) bond motifs is 1. The van der Waals surface area contributed by atoms with Gasteiger partial charge in [0.15, 0.2) is 4.96 Å². The van der Waals surface area contributed by atoms with E-state index in [1.165, 1.54) is 0 Å². The molecule has 7 heteroatoms. The minimum Gasteiger partial charge on any atom is -0.481 e. The standard InChI is InChI=1S/C16H16ClN3O2S/c1-19(7-6-14(21)22)10-13-15(11-2-4-12(17)5-3-11)18-16-20(13)8-9-23-16/h2-5,8-9H,6-7,10H2,1H3,(H,21,22). The molecule has 0 aliphatic carbocycles. The van der Waals surface area contributed by atoms with Gasteiger partial charge < -0.3 is 5.11 Å². The summed E-state index contributed by atoms with van der Waals surface area (Å²) in [6.07, 6.45) is 2.12. The average molecular weight is 350 g/mol. The molecule has 2 aromatic heterocycles. The van der Waals surface area contributed by atoms with E-state index in [4.69, 9.17) is 21.7 Å². The lowest BCUT2D eigenvalue weighted by atomic mass is 10.1. The number of aromatic nitrogens is 2. The summed E-state index contributed by atoms with van der Waals surface area (Å²) in [5.41, 5.74) is 2.97. The summed E-state index contributed by atoms with van der Waals surface area (Å²) in [7, 11) is 1.92. The summed E-state index contributed by atoms with van der Waals surface area (Å²) in [5.74, 6) is -0.788.